The molecule has 0 radical (unpaired) electrons. The zero-order valence-corrected chi connectivity index (χ0v) is 29.2. The van der Waals surface area contributed by atoms with Crippen molar-refractivity contribution in [3.05, 3.63) is 118 Å². The Balaban J connectivity index is 0.892. The average Bonchev–Trinajstić information content (AvgIpc) is 3.84. The molecule has 272 valence electrons. The second-order valence-corrected chi connectivity index (χ2v) is 14.3. The van der Waals surface area contributed by atoms with E-state index in [2.05, 4.69) is 31.2 Å². The third-order valence-electron chi connectivity index (χ3n) is 10.8. The van der Waals surface area contributed by atoms with E-state index in [1.165, 1.54) is 12.1 Å². The molecule has 2 N–H and O–H groups in total. The number of anilines is 2. The molecule has 11 nitrogen and oxygen atoms in total. The lowest BCUT2D eigenvalue weighted by Gasteiger charge is -2.29. The van der Waals surface area contributed by atoms with Crippen molar-refractivity contribution in [3.8, 4) is 11.9 Å². The Bertz CT molecular complexity index is 2430. The van der Waals surface area contributed by atoms with Crippen LogP contribution in [0.25, 0.3) is 16.6 Å². The molecule has 5 heterocycles. The average molecular weight is 728 g/mol. The van der Waals surface area contributed by atoms with Crippen molar-refractivity contribution in [2.45, 2.75) is 56.9 Å². The summed E-state index contributed by atoms with van der Waals surface area (Å²) in [5, 5.41) is 14.5. The Morgan fingerprint density at radius 2 is 1.96 bits per heavy atom. The van der Waals surface area contributed by atoms with Crippen molar-refractivity contribution >= 4 is 39.8 Å². The maximum absolute atomic E-state index is 15.0. The predicted molar refractivity (Wildman–Crippen MR) is 196 cm³/mol. The number of benzene rings is 3. The van der Waals surface area contributed by atoms with Crippen molar-refractivity contribution in [1.29, 1.82) is 5.26 Å². The molecular formula is C41H35F2N7O4. The molecule has 0 unspecified atom stereocenters. The number of hydrogen-bond donors (Lipinski definition) is 2. The number of aromatic nitrogens is 3. The van der Waals surface area contributed by atoms with E-state index in [-0.39, 0.29) is 35.4 Å². The Kier molecular flexibility index (Phi) is 8.44. The predicted octanol–water partition coefficient (Wildman–Crippen LogP) is 6.47. The first-order valence-electron chi connectivity index (χ1n) is 18.0. The summed E-state index contributed by atoms with van der Waals surface area (Å²) in [6, 6.07) is 20.2. The summed E-state index contributed by atoms with van der Waals surface area (Å²) in [6.45, 7) is 3.46. The highest BCUT2D eigenvalue weighted by molar-refractivity contribution is 6.11. The number of nitrogens with zero attached hydrogens (tertiary/aromatic N) is 5. The third-order valence-corrected chi connectivity index (χ3v) is 10.8. The second-order valence-electron chi connectivity index (χ2n) is 14.3. The molecule has 3 aliphatic heterocycles. The van der Waals surface area contributed by atoms with Gasteiger partial charge in [-0.3, -0.25) is 14.5 Å². The van der Waals surface area contributed by atoms with Crippen molar-refractivity contribution < 1.29 is 27.8 Å². The SMILES string of the molecule is N#Cc1ccc(COc2cccc(C3=CCN(Cc4nc5cc(NC(=O)c6cc(F)c7c(c6)C6(CC6)C(=O)N7)ccc5n4C[C@@H]4CCO4)CC3)n2)c(F)c1. The number of hydrogen-bond acceptors (Lipinski definition) is 8. The molecule has 0 bridgehead atoms. The minimum absolute atomic E-state index is 0.00213. The molecule has 1 spiro atoms. The number of carbonyl (C=O) groups excluding carboxylic acids is 2. The highest BCUT2D eigenvalue weighted by Crippen LogP contribution is 2.55. The normalized spacial score (nSPS) is 18.4. The van der Waals surface area contributed by atoms with E-state index < -0.39 is 23.0 Å². The molecule has 1 aliphatic carbocycles. The van der Waals surface area contributed by atoms with Gasteiger partial charge in [-0.15, -0.1) is 0 Å². The lowest BCUT2D eigenvalue weighted by molar-refractivity contribution is -0.117. The van der Waals surface area contributed by atoms with Crippen LogP contribution in [0.5, 0.6) is 5.88 Å². The molecule has 2 amide bonds. The van der Waals surface area contributed by atoms with Gasteiger partial charge in [0.15, 0.2) is 0 Å². The van der Waals surface area contributed by atoms with Crippen LogP contribution < -0.4 is 15.4 Å². The van der Waals surface area contributed by atoms with E-state index in [9.17, 15) is 18.4 Å². The topological polar surface area (TPSA) is 134 Å². The lowest BCUT2D eigenvalue weighted by Crippen LogP contribution is -2.33. The molecule has 2 aromatic heterocycles. The molecule has 1 saturated carbocycles. The number of carbonyl (C=O) groups is 2. The number of nitrogens with one attached hydrogen (secondary N) is 2. The minimum atomic E-state index is -0.709. The fraction of sp³-hybridized carbons (Fsp3) is 0.293. The van der Waals surface area contributed by atoms with E-state index in [1.54, 1.807) is 24.3 Å². The Morgan fingerprint density at radius 3 is 2.70 bits per heavy atom. The van der Waals surface area contributed by atoms with Crippen LogP contribution in [0, 0.1) is 23.0 Å². The quantitative estimate of drug-likeness (QED) is 0.167. The maximum atomic E-state index is 15.0. The number of nitriles is 1. The van der Waals surface area contributed by atoms with Gasteiger partial charge in [-0.05, 0) is 85.4 Å². The summed E-state index contributed by atoms with van der Waals surface area (Å²) < 4.78 is 43.1. The molecule has 1 atom stereocenters. The van der Waals surface area contributed by atoms with Gasteiger partial charge in [-0.2, -0.15) is 5.26 Å². The number of halogens is 2. The van der Waals surface area contributed by atoms with E-state index >= 15 is 0 Å². The van der Waals surface area contributed by atoms with Gasteiger partial charge < -0.3 is 24.7 Å². The highest BCUT2D eigenvalue weighted by Gasteiger charge is 2.57. The number of fused-ring (bicyclic) bond motifs is 3. The molecule has 5 aromatic rings. The molecule has 4 aliphatic rings. The van der Waals surface area contributed by atoms with Gasteiger partial charge in [0.25, 0.3) is 5.91 Å². The van der Waals surface area contributed by atoms with Crippen molar-refractivity contribution in [3.63, 3.8) is 0 Å². The van der Waals surface area contributed by atoms with Crippen LogP contribution in [-0.2, 0) is 34.6 Å². The Morgan fingerprint density at radius 1 is 1.09 bits per heavy atom. The summed E-state index contributed by atoms with van der Waals surface area (Å²) >= 11 is 0. The van der Waals surface area contributed by atoms with Crippen molar-refractivity contribution in [2.24, 2.45) is 0 Å². The smallest absolute Gasteiger partial charge is 0.255 e. The zero-order valence-electron chi connectivity index (χ0n) is 29.2. The van der Waals surface area contributed by atoms with Crippen LogP contribution in [-0.4, -0.2) is 57.0 Å². The van der Waals surface area contributed by atoms with Crippen LogP contribution in [0.1, 0.15) is 64.2 Å². The fourth-order valence-electron chi connectivity index (χ4n) is 7.48. The Hall–Kier alpha value is -5.97. The monoisotopic (exact) mass is 727 g/mol. The second kappa shape index (κ2) is 13.5. The fourth-order valence-corrected chi connectivity index (χ4v) is 7.48. The van der Waals surface area contributed by atoms with Crippen LogP contribution in [0.15, 0.2) is 72.8 Å². The minimum Gasteiger partial charge on any atom is -0.473 e. The number of pyridine rings is 1. The third kappa shape index (κ3) is 6.27. The Labute approximate surface area is 309 Å². The molecule has 13 heteroatoms. The van der Waals surface area contributed by atoms with Gasteiger partial charge >= 0.3 is 0 Å². The summed E-state index contributed by atoms with van der Waals surface area (Å²) in [5.41, 5.74) is 4.87. The van der Waals surface area contributed by atoms with E-state index in [0.717, 1.165) is 54.1 Å². The van der Waals surface area contributed by atoms with Gasteiger partial charge in [0, 0.05) is 42.6 Å². The van der Waals surface area contributed by atoms with Crippen LogP contribution >= 0.6 is 0 Å². The molecule has 3 aromatic carbocycles. The number of imidazole rings is 1. The van der Waals surface area contributed by atoms with Gasteiger partial charge in [-0.1, -0.05) is 18.2 Å². The number of amides is 2. The molecule has 54 heavy (non-hydrogen) atoms. The van der Waals surface area contributed by atoms with Crippen molar-refractivity contribution in [2.75, 3.05) is 30.3 Å². The molecular weight excluding hydrogens is 692 g/mol. The number of rotatable bonds is 10. The van der Waals surface area contributed by atoms with E-state index in [0.29, 0.717) is 55.2 Å². The highest BCUT2D eigenvalue weighted by atomic mass is 19.1. The van der Waals surface area contributed by atoms with Crippen LogP contribution in [0.4, 0.5) is 20.2 Å². The molecule has 9 rings (SSSR count). The summed E-state index contributed by atoms with van der Waals surface area (Å²) in [4.78, 5) is 37.8. The van der Waals surface area contributed by atoms with Crippen molar-refractivity contribution in [1.82, 2.24) is 19.4 Å². The first-order chi connectivity index (χ1) is 26.3. The maximum Gasteiger partial charge on any atom is 0.255 e. The first-order valence-corrected chi connectivity index (χ1v) is 18.0. The zero-order chi connectivity index (χ0) is 37.0. The van der Waals surface area contributed by atoms with E-state index in [1.807, 2.05) is 36.4 Å². The largest absolute Gasteiger partial charge is 0.473 e. The van der Waals surface area contributed by atoms with Gasteiger partial charge in [-0.25, -0.2) is 18.7 Å². The van der Waals surface area contributed by atoms with Crippen LogP contribution in [0.2, 0.25) is 0 Å². The summed E-state index contributed by atoms with van der Waals surface area (Å²) in [6.07, 6.45) is 5.29. The first kappa shape index (κ1) is 33.8. The van der Waals surface area contributed by atoms with Crippen LogP contribution in [0.3, 0.4) is 0 Å². The number of ether oxygens (including phenoxy) is 2. The van der Waals surface area contributed by atoms with Gasteiger partial charge in [0.05, 0.1) is 58.7 Å². The van der Waals surface area contributed by atoms with Gasteiger partial charge in [0.1, 0.15) is 24.1 Å². The molecule has 2 fully saturated rings. The van der Waals surface area contributed by atoms with Gasteiger partial charge in [0.2, 0.25) is 11.8 Å². The summed E-state index contributed by atoms with van der Waals surface area (Å²) in [7, 11) is 0. The lowest BCUT2D eigenvalue weighted by atomic mass is 9.95. The summed E-state index contributed by atoms with van der Waals surface area (Å²) in [5.74, 6) is -0.493. The standard InChI is InChI=1S/C41H35F2N7O4/c42-31-16-24(20-44)4-5-26(31)23-54-37-3-1-2-33(47-37)25-8-13-49(14-9-25)22-36-46-34-19-28(6-7-35(34)50(36)21-29-10-15-53-29)45-39(51)27-17-30-38(32(43)18-27)48-40(52)41(30)11-12-41/h1-8,16-19,29H,9-15,21-23H2,(H,45,51)(H,48,52)/t29-/m0/s1. The van der Waals surface area contributed by atoms with E-state index in [4.69, 9.17) is 19.7 Å². The molecule has 1 saturated heterocycles.